The monoisotopic (exact) mass is 265 g/mol. The molecule has 0 aromatic heterocycles. The Morgan fingerprint density at radius 2 is 1.79 bits per heavy atom. The minimum Gasteiger partial charge on any atom is -0.462 e. The molecule has 0 spiro atoms. The van der Waals surface area contributed by atoms with Gasteiger partial charge in [-0.25, -0.2) is 0 Å². The van der Waals surface area contributed by atoms with Crippen molar-refractivity contribution in [2.24, 2.45) is 11.8 Å². The Labute approximate surface area is 116 Å². The molecule has 0 aromatic rings. The third kappa shape index (κ3) is 2.81. The lowest BCUT2D eigenvalue weighted by atomic mass is 9.67. The van der Waals surface area contributed by atoms with Crippen LogP contribution in [0.5, 0.6) is 0 Å². The first-order valence-electron chi connectivity index (χ1n) is 8.17. The van der Waals surface area contributed by atoms with Gasteiger partial charge in [0.25, 0.3) is 0 Å². The van der Waals surface area contributed by atoms with Crippen LogP contribution in [0.4, 0.5) is 0 Å². The number of esters is 1. The molecule has 2 aliphatic carbocycles. The van der Waals surface area contributed by atoms with Crippen LogP contribution in [0, 0.1) is 11.8 Å². The first-order valence-corrected chi connectivity index (χ1v) is 8.17. The van der Waals surface area contributed by atoms with E-state index in [-0.39, 0.29) is 12.1 Å². The molecule has 3 nitrogen and oxygen atoms in total. The van der Waals surface area contributed by atoms with E-state index in [1.807, 2.05) is 0 Å². The normalized spacial score (nSPS) is 39.8. The molecule has 3 heteroatoms. The summed E-state index contributed by atoms with van der Waals surface area (Å²) in [6.45, 7) is 4.09. The number of carbonyl (C=O) groups is 1. The van der Waals surface area contributed by atoms with Gasteiger partial charge in [-0.1, -0.05) is 12.8 Å². The van der Waals surface area contributed by atoms with Crippen LogP contribution in [0.15, 0.2) is 0 Å². The van der Waals surface area contributed by atoms with E-state index in [4.69, 9.17) is 4.74 Å². The molecule has 108 valence electrons. The van der Waals surface area contributed by atoms with E-state index in [0.29, 0.717) is 17.9 Å². The number of piperidine rings is 1. The first kappa shape index (κ1) is 13.4. The highest BCUT2D eigenvalue weighted by atomic mass is 16.5. The quantitative estimate of drug-likeness (QED) is 0.719. The van der Waals surface area contributed by atoms with Gasteiger partial charge in [0.15, 0.2) is 0 Å². The fourth-order valence-electron chi connectivity index (χ4n) is 4.69. The number of hydrogen-bond acceptors (Lipinski definition) is 3. The van der Waals surface area contributed by atoms with Crippen molar-refractivity contribution in [1.82, 2.24) is 4.90 Å². The molecule has 0 aromatic carbocycles. The summed E-state index contributed by atoms with van der Waals surface area (Å²) in [5.41, 5.74) is 0. The van der Waals surface area contributed by atoms with Gasteiger partial charge >= 0.3 is 5.97 Å². The van der Waals surface area contributed by atoms with Crippen LogP contribution in [-0.2, 0) is 9.53 Å². The maximum absolute atomic E-state index is 11.4. The van der Waals surface area contributed by atoms with Crippen molar-refractivity contribution in [2.75, 3.05) is 13.1 Å². The lowest BCUT2D eigenvalue weighted by Crippen LogP contribution is -2.54. The second kappa shape index (κ2) is 5.82. The maximum atomic E-state index is 11.4. The van der Waals surface area contributed by atoms with Crippen LogP contribution in [0.3, 0.4) is 0 Å². The number of rotatable bonds is 2. The average Bonchev–Trinajstić information content (AvgIpc) is 2.39. The number of ether oxygens (including phenoxy) is 1. The second-order valence-corrected chi connectivity index (χ2v) is 6.67. The summed E-state index contributed by atoms with van der Waals surface area (Å²) in [4.78, 5) is 14.1. The first-order chi connectivity index (χ1) is 9.25. The third-order valence-electron chi connectivity index (χ3n) is 5.49. The number of fused-ring (bicyclic) bond motifs is 2. The smallest absolute Gasteiger partial charge is 0.302 e. The number of likely N-dealkylation sites (tertiary alicyclic amines) is 1. The van der Waals surface area contributed by atoms with Crippen LogP contribution >= 0.6 is 0 Å². The van der Waals surface area contributed by atoms with E-state index in [1.165, 1.54) is 64.5 Å². The van der Waals surface area contributed by atoms with E-state index in [2.05, 4.69) is 4.90 Å². The SMILES string of the molecule is CC(=O)O[C@H]1[C@H]2CCC[C@H]1[C@H](N1CCCCC1)CC2. The Bertz CT molecular complexity index is 325. The molecule has 1 heterocycles. The van der Waals surface area contributed by atoms with Crippen LogP contribution in [0.2, 0.25) is 0 Å². The van der Waals surface area contributed by atoms with Crippen molar-refractivity contribution in [3.8, 4) is 0 Å². The highest BCUT2D eigenvalue weighted by Gasteiger charge is 2.45. The van der Waals surface area contributed by atoms with Gasteiger partial charge in [0.05, 0.1) is 0 Å². The molecule has 3 aliphatic rings. The number of nitrogens with zero attached hydrogens (tertiary/aromatic N) is 1. The van der Waals surface area contributed by atoms with E-state index >= 15 is 0 Å². The van der Waals surface area contributed by atoms with Gasteiger partial charge in [-0.15, -0.1) is 0 Å². The minimum absolute atomic E-state index is 0.0822. The lowest BCUT2D eigenvalue weighted by Gasteiger charge is -2.50. The van der Waals surface area contributed by atoms with Crippen molar-refractivity contribution in [1.29, 1.82) is 0 Å². The molecule has 0 unspecified atom stereocenters. The Morgan fingerprint density at radius 1 is 1.00 bits per heavy atom. The Morgan fingerprint density at radius 3 is 2.53 bits per heavy atom. The van der Waals surface area contributed by atoms with Crippen molar-refractivity contribution < 1.29 is 9.53 Å². The standard InChI is InChI=1S/C16H27NO2/c1-12(18)19-16-13-6-5-7-14(16)15(9-8-13)17-10-3-2-4-11-17/h13-16H,2-11H2,1H3/t13-,14-,15+,16-/m0/s1. The molecule has 1 saturated heterocycles. The Kier molecular flexibility index (Phi) is 4.11. The molecular formula is C16H27NO2. The van der Waals surface area contributed by atoms with Gasteiger partial charge in [0, 0.05) is 18.9 Å². The zero-order chi connectivity index (χ0) is 13.2. The van der Waals surface area contributed by atoms with Crippen molar-refractivity contribution >= 4 is 5.97 Å². The molecule has 2 bridgehead atoms. The molecule has 3 rings (SSSR count). The summed E-state index contributed by atoms with van der Waals surface area (Å²) < 4.78 is 5.71. The number of carbonyl (C=O) groups excluding carboxylic acids is 1. The van der Waals surface area contributed by atoms with E-state index in [1.54, 1.807) is 6.92 Å². The van der Waals surface area contributed by atoms with Gasteiger partial charge in [0.1, 0.15) is 6.10 Å². The molecule has 19 heavy (non-hydrogen) atoms. The van der Waals surface area contributed by atoms with Crippen LogP contribution < -0.4 is 0 Å². The fourth-order valence-corrected chi connectivity index (χ4v) is 4.69. The van der Waals surface area contributed by atoms with E-state index in [9.17, 15) is 4.79 Å². The summed E-state index contributed by atoms with van der Waals surface area (Å²) in [5.74, 6) is 1.17. The van der Waals surface area contributed by atoms with E-state index < -0.39 is 0 Å². The van der Waals surface area contributed by atoms with Gasteiger partial charge in [-0.2, -0.15) is 0 Å². The molecule has 3 fully saturated rings. The molecule has 2 saturated carbocycles. The summed E-state index contributed by atoms with van der Waals surface area (Å²) in [7, 11) is 0. The van der Waals surface area contributed by atoms with E-state index in [0.717, 1.165) is 0 Å². The molecule has 4 atom stereocenters. The Hall–Kier alpha value is -0.570. The highest BCUT2D eigenvalue weighted by molar-refractivity contribution is 5.66. The third-order valence-corrected chi connectivity index (χ3v) is 5.49. The zero-order valence-electron chi connectivity index (χ0n) is 12.1. The largest absolute Gasteiger partial charge is 0.462 e. The average molecular weight is 265 g/mol. The summed E-state index contributed by atoms with van der Waals surface area (Å²) in [6.07, 6.45) is 10.8. The zero-order valence-corrected chi connectivity index (χ0v) is 12.1. The molecule has 0 amide bonds. The molecule has 1 aliphatic heterocycles. The second-order valence-electron chi connectivity index (χ2n) is 6.67. The molecule has 0 radical (unpaired) electrons. The molecule has 0 N–H and O–H groups in total. The van der Waals surface area contributed by atoms with Gasteiger partial charge in [-0.05, 0) is 57.5 Å². The number of hydrogen-bond donors (Lipinski definition) is 0. The van der Waals surface area contributed by atoms with Crippen molar-refractivity contribution in [2.45, 2.75) is 70.4 Å². The lowest BCUT2D eigenvalue weighted by molar-refractivity contribution is -0.162. The summed E-state index contributed by atoms with van der Waals surface area (Å²) >= 11 is 0. The maximum Gasteiger partial charge on any atom is 0.302 e. The summed E-state index contributed by atoms with van der Waals surface area (Å²) in [5, 5.41) is 0. The highest BCUT2D eigenvalue weighted by Crippen LogP contribution is 2.44. The topological polar surface area (TPSA) is 29.5 Å². The van der Waals surface area contributed by atoms with Crippen LogP contribution in [-0.4, -0.2) is 36.1 Å². The van der Waals surface area contributed by atoms with Crippen molar-refractivity contribution in [3.63, 3.8) is 0 Å². The minimum atomic E-state index is -0.0822. The fraction of sp³-hybridized carbons (Fsp3) is 0.938. The Balaban J connectivity index is 1.72. The van der Waals surface area contributed by atoms with Crippen molar-refractivity contribution in [3.05, 3.63) is 0 Å². The molecular weight excluding hydrogens is 238 g/mol. The van der Waals surface area contributed by atoms with Gasteiger partial charge in [-0.3, -0.25) is 9.69 Å². The van der Waals surface area contributed by atoms with Gasteiger partial charge in [0.2, 0.25) is 0 Å². The summed E-state index contributed by atoms with van der Waals surface area (Å²) in [6, 6.07) is 0.682. The van der Waals surface area contributed by atoms with Crippen LogP contribution in [0.25, 0.3) is 0 Å². The predicted molar refractivity (Wildman–Crippen MR) is 74.8 cm³/mol. The van der Waals surface area contributed by atoms with Gasteiger partial charge < -0.3 is 4.74 Å². The predicted octanol–water partition coefficient (Wildman–Crippen LogP) is 2.98. The van der Waals surface area contributed by atoms with Crippen LogP contribution in [0.1, 0.15) is 58.3 Å².